The van der Waals surface area contributed by atoms with Crippen LogP contribution in [-0.2, 0) is 16.0 Å². The SMILES string of the molecule is CC(CC(=O)NC(C)c1ccc2c(c1)CCC(=O)N2)C(=O)c1cccc(F)c1. The van der Waals surface area contributed by atoms with Crippen LogP contribution >= 0.6 is 0 Å². The highest BCUT2D eigenvalue weighted by atomic mass is 19.1. The molecule has 0 bridgehead atoms. The number of carbonyl (C=O) groups excluding carboxylic acids is 3. The molecule has 1 aliphatic rings. The molecule has 2 aromatic carbocycles. The van der Waals surface area contributed by atoms with Gasteiger partial charge >= 0.3 is 0 Å². The summed E-state index contributed by atoms with van der Waals surface area (Å²) in [6.07, 6.45) is 1.16. The van der Waals surface area contributed by atoms with Gasteiger partial charge in [0.25, 0.3) is 0 Å². The first-order chi connectivity index (χ1) is 13.3. The van der Waals surface area contributed by atoms with Crippen LogP contribution in [0.2, 0.25) is 0 Å². The Kier molecular flexibility index (Phi) is 5.87. The second-order valence-electron chi connectivity index (χ2n) is 7.23. The van der Waals surface area contributed by atoms with E-state index >= 15 is 0 Å². The summed E-state index contributed by atoms with van der Waals surface area (Å²) in [6.45, 7) is 3.54. The van der Waals surface area contributed by atoms with E-state index in [-0.39, 0.29) is 35.6 Å². The third-order valence-electron chi connectivity index (χ3n) is 4.95. The van der Waals surface area contributed by atoms with Crippen molar-refractivity contribution in [1.82, 2.24) is 5.32 Å². The molecule has 0 saturated heterocycles. The highest BCUT2D eigenvalue weighted by Crippen LogP contribution is 2.26. The molecule has 1 aliphatic heterocycles. The Balaban J connectivity index is 1.60. The van der Waals surface area contributed by atoms with E-state index in [1.165, 1.54) is 18.2 Å². The molecule has 0 aliphatic carbocycles. The summed E-state index contributed by atoms with van der Waals surface area (Å²) in [7, 11) is 0. The Morgan fingerprint density at radius 2 is 1.93 bits per heavy atom. The fourth-order valence-electron chi connectivity index (χ4n) is 3.35. The zero-order chi connectivity index (χ0) is 20.3. The molecule has 2 unspecified atom stereocenters. The van der Waals surface area contributed by atoms with Crippen LogP contribution in [0, 0.1) is 11.7 Å². The number of fused-ring (bicyclic) bond motifs is 1. The minimum absolute atomic E-state index is 0.0125. The number of halogens is 1. The maximum absolute atomic E-state index is 13.3. The normalized spacial score (nSPS) is 15.2. The summed E-state index contributed by atoms with van der Waals surface area (Å²) < 4.78 is 13.3. The van der Waals surface area contributed by atoms with Gasteiger partial charge in [0.1, 0.15) is 5.82 Å². The molecule has 6 heteroatoms. The van der Waals surface area contributed by atoms with E-state index in [1.54, 1.807) is 13.0 Å². The Labute approximate surface area is 163 Å². The maximum Gasteiger partial charge on any atom is 0.224 e. The minimum Gasteiger partial charge on any atom is -0.350 e. The third-order valence-corrected chi connectivity index (χ3v) is 4.95. The van der Waals surface area contributed by atoms with Crippen molar-refractivity contribution in [2.24, 2.45) is 5.92 Å². The Morgan fingerprint density at radius 1 is 1.14 bits per heavy atom. The summed E-state index contributed by atoms with van der Waals surface area (Å²) >= 11 is 0. The molecule has 0 fully saturated rings. The van der Waals surface area contributed by atoms with E-state index in [2.05, 4.69) is 10.6 Å². The van der Waals surface area contributed by atoms with E-state index in [0.29, 0.717) is 12.8 Å². The largest absolute Gasteiger partial charge is 0.350 e. The smallest absolute Gasteiger partial charge is 0.224 e. The highest BCUT2D eigenvalue weighted by Gasteiger charge is 2.21. The van der Waals surface area contributed by atoms with Gasteiger partial charge in [0.2, 0.25) is 11.8 Å². The van der Waals surface area contributed by atoms with E-state index in [0.717, 1.165) is 16.8 Å². The molecule has 28 heavy (non-hydrogen) atoms. The summed E-state index contributed by atoms with van der Waals surface area (Å²) in [5, 5.41) is 5.74. The number of nitrogens with one attached hydrogen (secondary N) is 2. The van der Waals surface area contributed by atoms with Gasteiger partial charge in [0.15, 0.2) is 5.78 Å². The zero-order valence-electron chi connectivity index (χ0n) is 15.9. The monoisotopic (exact) mass is 382 g/mol. The number of ketones is 1. The molecule has 5 nitrogen and oxygen atoms in total. The number of hydrogen-bond donors (Lipinski definition) is 2. The van der Waals surface area contributed by atoms with E-state index < -0.39 is 11.7 Å². The van der Waals surface area contributed by atoms with Crippen LogP contribution in [0.25, 0.3) is 0 Å². The first kappa shape index (κ1) is 19.7. The number of rotatable bonds is 6. The van der Waals surface area contributed by atoms with Gasteiger partial charge in [0.05, 0.1) is 6.04 Å². The number of amides is 2. The van der Waals surface area contributed by atoms with Crippen molar-refractivity contribution in [2.75, 3.05) is 5.32 Å². The summed E-state index contributed by atoms with van der Waals surface area (Å²) in [4.78, 5) is 36.2. The Morgan fingerprint density at radius 3 is 2.68 bits per heavy atom. The lowest BCUT2D eigenvalue weighted by Gasteiger charge is -2.21. The van der Waals surface area contributed by atoms with Crippen LogP contribution in [0.5, 0.6) is 0 Å². The lowest BCUT2D eigenvalue weighted by Crippen LogP contribution is -2.30. The fraction of sp³-hybridized carbons (Fsp3) is 0.318. The zero-order valence-corrected chi connectivity index (χ0v) is 15.9. The fourth-order valence-corrected chi connectivity index (χ4v) is 3.35. The average molecular weight is 382 g/mol. The van der Waals surface area contributed by atoms with Gasteiger partial charge in [-0.25, -0.2) is 4.39 Å². The van der Waals surface area contributed by atoms with Crippen LogP contribution in [0.3, 0.4) is 0 Å². The van der Waals surface area contributed by atoms with Gasteiger partial charge in [0, 0.05) is 30.0 Å². The molecule has 0 aromatic heterocycles. The topological polar surface area (TPSA) is 75.3 Å². The lowest BCUT2D eigenvalue weighted by molar-refractivity contribution is -0.122. The molecule has 2 aromatic rings. The highest BCUT2D eigenvalue weighted by molar-refractivity contribution is 5.99. The number of hydrogen-bond acceptors (Lipinski definition) is 3. The molecular formula is C22H23FN2O3. The van der Waals surface area contributed by atoms with Crippen molar-refractivity contribution in [1.29, 1.82) is 0 Å². The number of benzene rings is 2. The van der Waals surface area contributed by atoms with Crippen molar-refractivity contribution in [3.05, 3.63) is 65.0 Å². The van der Waals surface area contributed by atoms with E-state index in [9.17, 15) is 18.8 Å². The minimum atomic E-state index is -0.548. The average Bonchev–Trinajstić information content (AvgIpc) is 2.66. The molecule has 1 heterocycles. The van der Waals surface area contributed by atoms with Crippen molar-refractivity contribution in [2.45, 2.75) is 39.2 Å². The Bertz CT molecular complexity index is 926. The predicted octanol–water partition coefficient (Wildman–Crippen LogP) is 3.80. The Hall–Kier alpha value is -3.02. The van der Waals surface area contributed by atoms with Gasteiger partial charge in [-0.3, -0.25) is 14.4 Å². The molecule has 0 spiro atoms. The van der Waals surface area contributed by atoms with Gasteiger partial charge < -0.3 is 10.6 Å². The summed E-state index contributed by atoms with van der Waals surface area (Å²) in [5.74, 6) is -1.51. The molecular weight excluding hydrogens is 359 g/mol. The van der Waals surface area contributed by atoms with Crippen LogP contribution in [0.4, 0.5) is 10.1 Å². The molecule has 146 valence electrons. The van der Waals surface area contributed by atoms with Crippen molar-refractivity contribution >= 4 is 23.3 Å². The lowest BCUT2D eigenvalue weighted by atomic mass is 9.95. The first-order valence-electron chi connectivity index (χ1n) is 9.35. The molecule has 3 rings (SSSR count). The van der Waals surface area contributed by atoms with Gasteiger partial charge in [-0.2, -0.15) is 0 Å². The van der Waals surface area contributed by atoms with Crippen molar-refractivity contribution in [3.8, 4) is 0 Å². The van der Waals surface area contributed by atoms with Gasteiger partial charge in [-0.05, 0) is 42.7 Å². The third kappa shape index (κ3) is 4.63. The molecule has 2 N–H and O–H groups in total. The second kappa shape index (κ2) is 8.33. The quantitative estimate of drug-likeness (QED) is 0.747. The second-order valence-corrected chi connectivity index (χ2v) is 7.23. The predicted molar refractivity (Wildman–Crippen MR) is 104 cm³/mol. The first-order valence-corrected chi connectivity index (χ1v) is 9.35. The number of Topliss-reactive ketones (excluding diaryl/α,β-unsaturated/α-hetero) is 1. The number of anilines is 1. The summed E-state index contributed by atoms with van der Waals surface area (Å²) in [5.41, 5.74) is 3.07. The van der Waals surface area contributed by atoms with Gasteiger partial charge in [-0.15, -0.1) is 0 Å². The van der Waals surface area contributed by atoms with Crippen LogP contribution in [0.1, 0.15) is 54.2 Å². The van der Waals surface area contributed by atoms with E-state index in [4.69, 9.17) is 0 Å². The molecule has 0 saturated carbocycles. The van der Waals surface area contributed by atoms with Crippen molar-refractivity contribution < 1.29 is 18.8 Å². The number of aryl methyl sites for hydroxylation is 1. The van der Waals surface area contributed by atoms with E-state index in [1.807, 2.05) is 25.1 Å². The standard InChI is InChI=1S/C22H23FN2O3/c1-13(22(28)17-4-3-5-18(23)12-17)10-21(27)24-14(2)15-6-8-19-16(11-15)7-9-20(26)25-19/h3-6,8,11-14H,7,9-10H2,1-2H3,(H,24,27)(H,25,26). The van der Waals surface area contributed by atoms with Crippen LogP contribution in [-0.4, -0.2) is 17.6 Å². The molecule has 2 amide bonds. The van der Waals surface area contributed by atoms with Gasteiger partial charge in [-0.1, -0.05) is 31.2 Å². The van der Waals surface area contributed by atoms with Crippen LogP contribution in [0.15, 0.2) is 42.5 Å². The van der Waals surface area contributed by atoms with Crippen LogP contribution < -0.4 is 10.6 Å². The van der Waals surface area contributed by atoms with Crippen molar-refractivity contribution in [3.63, 3.8) is 0 Å². The number of carbonyl (C=O) groups is 3. The maximum atomic E-state index is 13.3. The summed E-state index contributed by atoms with van der Waals surface area (Å²) in [6, 6.07) is 11.0. The molecule has 2 atom stereocenters. The molecule has 0 radical (unpaired) electrons.